The van der Waals surface area contributed by atoms with Crippen molar-refractivity contribution in [2.45, 2.75) is 30.9 Å². The molecule has 2 aliphatic rings. The Bertz CT molecular complexity index is 501. The van der Waals surface area contributed by atoms with Crippen molar-refractivity contribution in [1.82, 2.24) is 4.90 Å². The molecule has 4 nitrogen and oxygen atoms in total. The molecule has 0 aliphatic carbocycles. The number of aliphatic hydroxyl groups is 1. The van der Waals surface area contributed by atoms with Gasteiger partial charge in [0.15, 0.2) is 5.60 Å². The fourth-order valence-corrected chi connectivity index (χ4v) is 2.92. The maximum absolute atomic E-state index is 9.93. The Labute approximate surface area is 113 Å². The fourth-order valence-electron chi connectivity index (χ4n) is 2.92. The Morgan fingerprint density at radius 3 is 2.79 bits per heavy atom. The number of ether oxygens (including phenoxy) is 1. The SMILES string of the molecule is N#CC1(O)CCN(C2COc3ccccc3C2)CC1. The number of hydrogen-bond acceptors (Lipinski definition) is 4. The van der Waals surface area contributed by atoms with Gasteiger partial charge >= 0.3 is 0 Å². The zero-order valence-electron chi connectivity index (χ0n) is 10.9. The molecule has 2 heterocycles. The van der Waals surface area contributed by atoms with Gasteiger partial charge in [0.2, 0.25) is 0 Å². The van der Waals surface area contributed by atoms with Crippen molar-refractivity contribution in [3.05, 3.63) is 29.8 Å². The van der Waals surface area contributed by atoms with Crippen molar-refractivity contribution in [3.8, 4) is 11.8 Å². The minimum atomic E-state index is -1.12. The Balaban J connectivity index is 1.65. The number of rotatable bonds is 1. The van der Waals surface area contributed by atoms with E-state index in [0.29, 0.717) is 25.5 Å². The first-order valence-corrected chi connectivity index (χ1v) is 6.79. The van der Waals surface area contributed by atoms with E-state index in [1.54, 1.807) is 0 Å². The molecular weight excluding hydrogens is 240 g/mol. The zero-order chi connectivity index (χ0) is 13.3. The van der Waals surface area contributed by atoms with Crippen molar-refractivity contribution < 1.29 is 9.84 Å². The standard InChI is InChI=1S/C15H18N2O2/c16-11-15(18)5-7-17(8-6-15)13-9-12-3-1-2-4-14(12)19-10-13/h1-4,13,18H,5-10H2. The lowest BCUT2D eigenvalue weighted by molar-refractivity contribution is 0.000807. The van der Waals surface area contributed by atoms with Gasteiger partial charge in [0.1, 0.15) is 12.4 Å². The highest BCUT2D eigenvalue weighted by atomic mass is 16.5. The lowest BCUT2D eigenvalue weighted by Crippen LogP contribution is -2.51. The number of likely N-dealkylation sites (tertiary alicyclic amines) is 1. The summed E-state index contributed by atoms with van der Waals surface area (Å²) in [6, 6.07) is 10.5. The Morgan fingerprint density at radius 1 is 1.32 bits per heavy atom. The minimum Gasteiger partial charge on any atom is -0.492 e. The normalized spacial score (nSPS) is 26.0. The van der Waals surface area contributed by atoms with Crippen LogP contribution in [0.15, 0.2) is 24.3 Å². The Morgan fingerprint density at radius 2 is 2.05 bits per heavy atom. The highest BCUT2D eigenvalue weighted by molar-refractivity contribution is 5.35. The number of piperidine rings is 1. The van der Waals surface area contributed by atoms with Gasteiger partial charge in [0.25, 0.3) is 0 Å². The predicted octanol–water partition coefficient (Wildman–Crippen LogP) is 1.34. The van der Waals surface area contributed by atoms with Crippen molar-refractivity contribution >= 4 is 0 Å². The van der Waals surface area contributed by atoms with E-state index in [2.05, 4.69) is 11.0 Å². The number of hydrogen-bond donors (Lipinski definition) is 1. The summed E-state index contributed by atoms with van der Waals surface area (Å²) in [5, 5.41) is 18.9. The molecule has 4 heteroatoms. The number of nitrogens with zero attached hydrogens (tertiary/aromatic N) is 2. The van der Waals surface area contributed by atoms with Crippen LogP contribution in [-0.2, 0) is 6.42 Å². The van der Waals surface area contributed by atoms with Crippen molar-refractivity contribution in [2.75, 3.05) is 19.7 Å². The van der Waals surface area contributed by atoms with E-state index in [1.807, 2.05) is 24.3 Å². The van der Waals surface area contributed by atoms with Crippen molar-refractivity contribution in [3.63, 3.8) is 0 Å². The molecule has 19 heavy (non-hydrogen) atoms. The van der Waals surface area contributed by atoms with Gasteiger partial charge in [-0.05, 0) is 18.1 Å². The molecule has 3 rings (SSSR count). The van der Waals surface area contributed by atoms with E-state index in [9.17, 15) is 5.11 Å². The van der Waals surface area contributed by atoms with Crippen LogP contribution in [0, 0.1) is 11.3 Å². The Kier molecular flexibility index (Phi) is 3.17. The minimum absolute atomic E-state index is 0.359. The summed E-state index contributed by atoms with van der Waals surface area (Å²) < 4.78 is 5.80. The molecule has 1 N–H and O–H groups in total. The van der Waals surface area contributed by atoms with E-state index < -0.39 is 5.60 Å². The number of nitriles is 1. The molecule has 1 atom stereocenters. The summed E-state index contributed by atoms with van der Waals surface area (Å²) in [4.78, 5) is 2.34. The molecule has 0 aromatic heterocycles. The van der Waals surface area contributed by atoms with Gasteiger partial charge in [-0.1, -0.05) is 18.2 Å². The third kappa shape index (κ3) is 2.44. The van der Waals surface area contributed by atoms with Crippen LogP contribution >= 0.6 is 0 Å². The quantitative estimate of drug-likeness (QED) is 0.772. The summed E-state index contributed by atoms with van der Waals surface area (Å²) in [6.07, 6.45) is 2.05. The van der Waals surface area contributed by atoms with Crippen LogP contribution in [0.1, 0.15) is 18.4 Å². The number of benzene rings is 1. The van der Waals surface area contributed by atoms with Crippen LogP contribution in [-0.4, -0.2) is 41.3 Å². The van der Waals surface area contributed by atoms with Crippen LogP contribution in [0.25, 0.3) is 0 Å². The highest BCUT2D eigenvalue weighted by Gasteiger charge is 2.35. The predicted molar refractivity (Wildman–Crippen MR) is 70.8 cm³/mol. The summed E-state index contributed by atoms with van der Waals surface area (Å²) in [5.74, 6) is 0.990. The molecule has 0 bridgehead atoms. The lowest BCUT2D eigenvalue weighted by Gasteiger charge is -2.40. The van der Waals surface area contributed by atoms with Gasteiger partial charge in [-0.15, -0.1) is 0 Å². The molecule has 0 saturated carbocycles. The van der Waals surface area contributed by atoms with E-state index in [-0.39, 0.29) is 0 Å². The summed E-state index contributed by atoms with van der Waals surface area (Å²) in [5.41, 5.74) is 0.129. The average Bonchev–Trinajstić information content (AvgIpc) is 2.47. The first-order chi connectivity index (χ1) is 9.20. The van der Waals surface area contributed by atoms with Crippen LogP contribution in [0.2, 0.25) is 0 Å². The number of fused-ring (bicyclic) bond motifs is 1. The second-order valence-electron chi connectivity index (χ2n) is 5.46. The lowest BCUT2D eigenvalue weighted by atomic mass is 9.91. The zero-order valence-corrected chi connectivity index (χ0v) is 10.9. The first kappa shape index (κ1) is 12.5. The van der Waals surface area contributed by atoms with Gasteiger partial charge in [0, 0.05) is 32.0 Å². The summed E-state index contributed by atoms with van der Waals surface area (Å²) >= 11 is 0. The summed E-state index contributed by atoms with van der Waals surface area (Å²) in [6.45, 7) is 2.22. The van der Waals surface area contributed by atoms with Crippen molar-refractivity contribution in [2.24, 2.45) is 0 Å². The van der Waals surface area contributed by atoms with Gasteiger partial charge in [0.05, 0.1) is 6.07 Å². The third-order valence-electron chi connectivity index (χ3n) is 4.21. The second kappa shape index (κ2) is 4.84. The molecule has 1 unspecified atom stereocenters. The van der Waals surface area contributed by atoms with Crippen LogP contribution in [0.4, 0.5) is 0 Å². The van der Waals surface area contributed by atoms with E-state index in [1.165, 1.54) is 5.56 Å². The fraction of sp³-hybridized carbons (Fsp3) is 0.533. The monoisotopic (exact) mass is 258 g/mol. The van der Waals surface area contributed by atoms with Gasteiger partial charge in [-0.2, -0.15) is 5.26 Å². The van der Waals surface area contributed by atoms with Crippen LogP contribution in [0.5, 0.6) is 5.75 Å². The van der Waals surface area contributed by atoms with E-state index in [0.717, 1.165) is 25.3 Å². The maximum Gasteiger partial charge on any atom is 0.153 e. The van der Waals surface area contributed by atoms with E-state index >= 15 is 0 Å². The van der Waals surface area contributed by atoms with Crippen LogP contribution < -0.4 is 4.74 Å². The maximum atomic E-state index is 9.93. The third-order valence-corrected chi connectivity index (χ3v) is 4.21. The second-order valence-corrected chi connectivity index (χ2v) is 5.46. The van der Waals surface area contributed by atoms with Gasteiger partial charge < -0.3 is 9.84 Å². The molecule has 0 radical (unpaired) electrons. The van der Waals surface area contributed by atoms with Crippen molar-refractivity contribution in [1.29, 1.82) is 5.26 Å². The smallest absolute Gasteiger partial charge is 0.153 e. The van der Waals surface area contributed by atoms with E-state index in [4.69, 9.17) is 10.00 Å². The number of para-hydroxylation sites is 1. The molecular formula is C15H18N2O2. The Hall–Kier alpha value is -1.57. The molecule has 0 amide bonds. The first-order valence-electron chi connectivity index (χ1n) is 6.79. The molecule has 2 aliphatic heterocycles. The van der Waals surface area contributed by atoms with Gasteiger partial charge in [-0.25, -0.2) is 0 Å². The molecule has 100 valence electrons. The molecule has 1 fully saturated rings. The molecule has 1 aromatic carbocycles. The molecule has 1 aromatic rings. The molecule has 0 spiro atoms. The summed E-state index contributed by atoms with van der Waals surface area (Å²) in [7, 11) is 0. The molecule has 1 saturated heterocycles. The average molecular weight is 258 g/mol. The topological polar surface area (TPSA) is 56.5 Å². The highest BCUT2D eigenvalue weighted by Crippen LogP contribution is 2.29. The van der Waals surface area contributed by atoms with Crippen LogP contribution in [0.3, 0.4) is 0 Å². The largest absolute Gasteiger partial charge is 0.492 e. The van der Waals surface area contributed by atoms with Gasteiger partial charge in [-0.3, -0.25) is 4.90 Å².